The van der Waals surface area contributed by atoms with Crippen LogP contribution in [0.3, 0.4) is 0 Å². The molecule has 21 heavy (non-hydrogen) atoms. The fourth-order valence-electron chi connectivity index (χ4n) is 1.59. The van der Waals surface area contributed by atoms with Gasteiger partial charge in [0.15, 0.2) is 6.10 Å². The van der Waals surface area contributed by atoms with Crippen molar-refractivity contribution in [3.8, 4) is 5.75 Å². The van der Waals surface area contributed by atoms with Crippen molar-refractivity contribution in [2.45, 2.75) is 26.5 Å². The van der Waals surface area contributed by atoms with E-state index in [4.69, 9.17) is 16.3 Å². The molecule has 0 fully saturated rings. The van der Waals surface area contributed by atoms with E-state index in [1.54, 1.807) is 13.0 Å². The van der Waals surface area contributed by atoms with E-state index < -0.39 is 18.0 Å². The second-order valence-electron chi connectivity index (χ2n) is 4.34. The van der Waals surface area contributed by atoms with Gasteiger partial charge in [0.1, 0.15) is 5.75 Å². The van der Waals surface area contributed by atoms with Crippen LogP contribution in [0.1, 0.15) is 19.4 Å². The summed E-state index contributed by atoms with van der Waals surface area (Å²) in [7, 11) is 1.43. The maximum absolute atomic E-state index is 11.8. The fraction of sp³-hybridized carbons (Fsp3) is 0.429. The Morgan fingerprint density at radius 2 is 2.10 bits per heavy atom. The number of carbonyl (C=O) groups excluding carboxylic acids is 2. The van der Waals surface area contributed by atoms with Crippen molar-refractivity contribution < 1.29 is 14.3 Å². The number of urea groups is 1. The molecule has 1 atom stereocenters. The Bertz CT molecular complexity index is 508. The van der Waals surface area contributed by atoms with Crippen molar-refractivity contribution in [1.29, 1.82) is 0 Å². The number of para-hydroxylation sites is 1. The van der Waals surface area contributed by atoms with Crippen LogP contribution in [-0.2, 0) is 11.3 Å². The molecule has 116 valence electrons. The van der Waals surface area contributed by atoms with Crippen molar-refractivity contribution in [3.05, 3.63) is 28.8 Å². The van der Waals surface area contributed by atoms with Gasteiger partial charge in [0.05, 0.1) is 5.02 Å². The first-order valence-electron chi connectivity index (χ1n) is 6.66. The Morgan fingerprint density at radius 3 is 2.71 bits per heavy atom. The number of benzene rings is 1. The fourth-order valence-corrected chi connectivity index (χ4v) is 1.83. The molecule has 1 rings (SSSR count). The van der Waals surface area contributed by atoms with Crippen molar-refractivity contribution in [1.82, 2.24) is 16.0 Å². The molecule has 0 aromatic heterocycles. The quantitative estimate of drug-likeness (QED) is 0.746. The normalized spacial score (nSPS) is 11.6. The first kappa shape index (κ1) is 17.3. The van der Waals surface area contributed by atoms with Gasteiger partial charge in [-0.3, -0.25) is 10.1 Å². The van der Waals surface area contributed by atoms with Crippen molar-refractivity contribution in [2.24, 2.45) is 0 Å². The summed E-state index contributed by atoms with van der Waals surface area (Å²) < 4.78 is 5.62. The van der Waals surface area contributed by atoms with Crippen LogP contribution in [0.15, 0.2) is 18.2 Å². The van der Waals surface area contributed by atoms with E-state index in [9.17, 15) is 9.59 Å². The third-order valence-corrected chi connectivity index (χ3v) is 3.04. The zero-order valence-electron chi connectivity index (χ0n) is 12.3. The molecular formula is C14H20ClN3O3. The van der Waals surface area contributed by atoms with Crippen LogP contribution in [0.4, 0.5) is 4.79 Å². The number of hydrogen-bond donors (Lipinski definition) is 3. The number of imide groups is 1. The number of hydrogen-bond acceptors (Lipinski definition) is 4. The van der Waals surface area contributed by atoms with E-state index in [0.29, 0.717) is 17.3 Å². The number of carbonyl (C=O) groups is 2. The number of rotatable bonds is 6. The number of amides is 3. The standard InChI is InChI=1S/C14H20ClN3O3/c1-4-17-8-10-6-5-7-11(15)12(10)21-9(2)13(19)18-14(20)16-3/h5-7,9,17H,4,8H2,1-3H3,(H2,16,18,19,20). The zero-order valence-corrected chi connectivity index (χ0v) is 13.1. The van der Waals surface area contributed by atoms with E-state index in [1.165, 1.54) is 7.05 Å². The van der Waals surface area contributed by atoms with Crippen molar-refractivity contribution in [3.63, 3.8) is 0 Å². The Kier molecular flexibility index (Phi) is 6.98. The summed E-state index contributed by atoms with van der Waals surface area (Å²) in [5.74, 6) is -0.0941. The molecule has 3 N–H and O–H groups in total. The highest BCUT2D eigenvalue weighted by molar-refractivity contribution is 6.32. The van der Waals surface area contributed by atoms with Gasteiger partial charge in [0.2, 0.25) is 0 Å². The van der Waals surface area contributed by atoms with E-state index in [1.807, 2.05) is 19.1 Å². The Hall–Kier alpha value is -1.79. The molecule has 1 aromatic carbocycles. The Morgan fingerprint density at radius 1 is 1.38 bits per heavy atom. The topological polar surface area (TPSA) is 79.5 Å². The third-order valence-electron chi connectivity index (χ3n) is 2.74. The molecule has 1 unspecified atom stereocenters. The lowest BCUT2D eigenvalue weighted by Gasteiger charge is -2.18. The van der Waals surface area contributed by atoms with Gasteiger partial charge in [-0.05, 0) is 19.5 Å². The van der Waals surface area contributed by atoms with E-state index >= 15 is 0 Å². The van der Waals surface area contributed by atoms with Crippen LogP contribution in [0.2, 0.25) is 5.02 Å². The minimum Gasteiger partial charge on any atom is -0.479 e. The number of halogens is 1. The van der Waals surface area contributed by atoms with Crippen molar-refractivity contribution >= 4 is 23.5 Å². The summed E-state index contributed by atoms with van der Waals surface area (Å²) >= 11 is 6.13. The lowest BCUT2D eigenvalue weighted by atomic mass is 10.2. The third kappa shape index (κ3) is 5.24. The molecule has 0 saturated carbocycles. The molecule has 0 saturated heterocycles. The highest BCUT2D eigenvalue weighted by Gasteiger charge is 2.19. The van der Waals surface area contributed by atoms with Crippen LogP contribution in [0, 0.1) is 0 Å². The molecule has 0 spiro atoms. The number of nitrogens with one attached hydrogen (secondary N) is 3. The molecule has 6 nitrogen and oxygen atoms in total. The van der Waals surface area contributed by atoms with Gasteiger partial charge in [-0.25, -0.2) is 4.79 Å². The Labute approximate surface area is 129 Å². The Balaban J connectivity index is 2.81. The molecular weight excluding hydrogens is 294 g/mol. The second kappa shape index (κ2) is 8.49. The maximum atomic E-state index is 11.8. The van der Waals surface area contributed by atoms with Gasteiger partial charge in [0.25, 0.3) is 5.91 Å². The van der Waals surface area contributed by atoms with Gasteiger partial charge in [-0.1, -0.05) is 30.7 Å². The predicted octanol–water partition coefficient (Wildman–Crippen LogP) is 1.67. The second-order valence-corrected chi connectivity index (χ2v) is 4.74. The molecule has 1 aromatic rings. The average molecular weight is 314 g/mol. The van der Waals surface area contributed by atoms with E-state index in [-0.39, 0.29) is 0 Å². The first-order valence-corrected chi connectivity index (χ1v) is 7.04. The largest absolute Gasteiger partial charge is 0.479 e. The summed E-state index contributed by atoms with van der Waals surface area (Å²) in [6.45, 7) is 4.93. The van der Waals surface area contributed by atoms with Crippen LogP contribution in [0.25, 0.3) is 0 Å². The van der Waals surface area contributed by atoms with Gasteiger partial charge in [0, 0.05) is 19.2 Å². The SMILES string of the molecule is CCNCc1cccc(Cl)c1OC(C)C(=O)NC(=O)NC. The van der Waals surface area contributed by atoms with Crippen LogP contribution in [-0.4, -0.2) is 31.6 Å². The molecule has 3 amide bonds. The summed E-state index contributed by atoms with van der Waals surface area (Å²) in [6, 6.07) is 4.79. The van der Waals surface area contributed by atoms with Gasteiger partial charge >= 0.3 is 6.03 Å². The smallest absolute Gasteiger partial charge is 0.321 e. The lowest BCUT2D eigenvalue weighted by molar-refractivity contribution is -0.126. The maximum Gasteiger partial charge on any atom is 0.321 e. The van der Waals surface area contributed by atoms with Crippen LogP contribution in [0.5, 0.6) is 5.75 Å². The minimum atomic E-state index is -0.845. The molecule has 7 heteroatoms. The van der Waals surface area contributed by atoms with Crippen LogP contribution >= 0.6 is 11.6 Å². The average Bonchev–Trinajstić information content (AvgIpc) is 2.47. The van der Waals surface area contributed by atoms with Gasteiger partial charge < -0.3 is 15.4 Å². The molecule has 0 heterocycles. The van der Waals surface area contributed by atoms with E-state index in [0.717, 1.165) is 12.1 Å². The lowest BCUT2D eigenvalue weighted by Crippen LogP contribution is -2.44. The van der Waals surface area contributed by atoms with Gasteiger partial charge in [-0.15, -0.1) is 0 Å². The first-order chi connectivity index (χ1) is 9.99. The van der Waals surface area contributed by atoms with Crippen LogP contribution < -0.4 is 20.7 Å². The molecule has 0 radical (unpaired) electrons. The summed E-state index contributed by atoms with van der Waals surface area (Å²) in [6.07, 6.45) is -0.845. The minimum absolute atomic E-state index is 0.421. The molecule has 0 aliphatic heterocycles. The number of ether oxygens (including phenoxy) is 1. The van der Waals surface area contributed by atoms with Gasteiger partial charge in [-0.2, -0.15) is 0 Å². The predicted molar refractivity (Wildman–Crippen MR) is 81.5 cm³/mol. The molecule has 0 aliphatic carbocycles. The highest BCUT2D eigenvalue weighted by Crippen LogP contribution is 2.29. The van der Waals surface area contributed by atoms with E-state index in [2.05, 4.69) is 16.0 Å². The summed E-state index contributed by atoms with van der Waals surface area (Å²) in [5.41, 5.74) is 0.851. The molecule has 0 aliphatic rings. The summed E-state index contributed by atoms with van der Waals surface area (Å²) in [5, 5.41) is 8.06. The highest BCUT2D eigenvalue weighted by atomic mass is 35.5. The zero-order chi connectivity index (χ0) is 15.8. The molecule has 0 bridgehead atoms. The monoisotopic (exact) mass is 313 g/mol. The van der Waals surface area contributed by atoms with Crippen molar-refractivity contribution in [2.75, 3.05) is 13.6 Å². The summed E-state index contributed by atoms with van der Waals surface area (Å²) in [4.78, 5) is 22.9.